The number of hydrogen-bond donors (Lipinski definition) is 2. The molecule has 2 aliphatic rings. The van der Waals surface area contributed by atoms with Crippen molar-refractivity contribution >= 4 is 33.5 Å². The van der Waals surface area contributed by atoms with Crippen LogP contribution in [0.3, 0.4) is 0 Å². The number of anilines is 2. The summed E-state index contributed by atoms with van der Waals surface area (Å²) in [6.45, 7) is 7.19. The summed E-state index contributed by atoms with van der Waals surface area (Å²) in [7, 11) is 0. The van der Waals surface area contributed by atoms with Crippen LogP contribution in [0.15, 0.2) is 59.6 Å². The van der Waals surface area contributed by atoms with Crippen molar-refractivity contribution in [1.82, 2.24) is 15.2 Å². The number of nitrogens with zero attached hydrogens (tertiary/aromatic N) is 3. The SMILES string of the molecule is CC(C)c1nc2c(s1)Nc1ccccc1N=C2N1CCNC(Cc2ccccc2)C1. The van der Waals surface area contributed by atoms with E-state index in [4.69, 9.17) is 9.98 Å². The minimum atomic E-state index is 0.391. The van der Waals surface area contributed by atoms with Gasteiger partial charge in [-0.1, -0.05) is 56.3 Å². The van der Waals surface area contributed by atoms with Crippen molar-refractivity contribution in [2.75, 3.05) is 25.0 Å². The quantitative estimate of drug-likeness (QED) is 0.635. The van der Waals surface area contributed by atoms with Gasteiger partial charge in [0.25, 0.3) is 0 Å². The normalized spacial score (nSPS) is 18.3. The maximum absolute atomic E-state index is 5.11. The third-order valence-electron chi connectivity index (χ3n) is 5.61. The Morgan fingerprint density at radius 1 is 1.10 bits per heavy atom. The molecule has 0 amide bonds. The Morgan fingerprint density at radius 2 is 1.90 bits per heavy atom. The summed E-state index contributed by atoms with van der Waals surface area (Å²) in [5.41, 5.74) is 4.37. The molecule has 0 saturated carbocycles. The van der Waals surface area contributed by atoms with Gasteiger partial charge in [0.1, 0.15) is 10.7 Å². The van der Waals surface area contributed by atoms with E-state index in [-0.39, 0.29) is 0 Å². The number of aromatic nitrogens is 1. The summed E-state index contributed by atoms with van der Waals surface area (Å²) in [6, 6.07) is 19.4. The lowest BCUT2D eigenvalue weighted by Crippen LogP contribution is -2.53. The molecule has 154 valence electrons. The smallest absolute Gasteiger partial charge is 0.158 e. The molecule has 1 unspecified atom stereocenters. The van der Waals surface area contributed by atoms with Gasteiger partial charge in [0, 0.05) is 31.6 Å². The van der Waals surface area contributed by atoms with E-state index >= 15 is 0 Å². The molecule has 2 aliphatic heterocycles. The first-order valence-electron chi connectivity index (χ1n) is 10.7. The molecule has 0 aliphatic carbocycles. The standard InChI is InChI=1S/C24H27N5S/c1-16(2)23-28-21-22(26-19-10-6-7-11-20(19)27-24(21)30-23)29-13-12-25-18(15-29)14-17-8-4-3-5-9-17/h3-11,16,18,25,27H,12-15H2,1-2H3. The van der Waals surface area contributed by atoms with Gasteiger partial charge >= 0.3 is 0 Å². The zero-order valence-electron chi connectivity index (χ0n) is 17.4. The summed E-state index contributed by atoms with van der Waals surface area (Å²) in [5.74, 6) is 1.39. The van der Waals surface area contributed by atoms with Crippen molar-refractivity contribution in [3.05, 3.63) is 70.9 Å². The second kappa shape index (κ2) is 8.20. The van der Waals surface area contributed by atoms with Crippen molar-refractivity contribution < 1.29 is 0 Å². The van der Waals surface area contributed by atoms with Gasteiger partial charge in [0.15, 0.2) is 5.84 Å². The monoisotopic (exact) mass is 417 g/mol. The van der Waals surface area contributed by atoms with Crippen LogP contribution in [0, 0.1) is 0 Å². The summed E-state index contributed by atoms with van der Waals surface area (Å²) in [4.78, 5) is 12.6. The van der Waals surface area contributed by atoms with Gasteiger partial charge in [-0.05, 0) is 24.1 Å². The number of thiazole rings is 1. The largest absolute Gasteiger partial charge is 0.352 e. The molecule has 0 spiro atoms. The van der Waals surface area contributed by atoms with Gasteiger partial charge in [-0.2, -0.15) is 0 Å². The molecular formula is C24H27N5S. The van der Waals surface area contributed by atoms with E-state index in [0.29, 0.717) is 12.0 Å². The molecule has 1 saturated heterocycles. The van der Waals surface area contributed by atoms with Crippen molar-refractivity contribution in [3.63, 3.8) is 0 Å². The molecule has 5 nitrogen and oxygen atoms in total. The van der Waals surface area contributed by atoms with E-state index in [0.717, 1.165) is 59.0 Å². The Labute approximate surface area is 181 Å². The van der Waals surface area contributed by atoms with E-state index in [9.17, 15) is 0 Å². The molecule has 1 atom stereocenters. The van der Waals surface area contributed by atoms with Crippen LogP contribution in [0.1, 0.15) is 36.0 Å². The first-order valence-corrected chi connectivity index (χ1v) is 11.5. The van der Waals surface area contributed by atoms with Crippen molar-refractivity contribution in [2.45, 2.75) is 32.2 Å². The van der Waals surface area contributed by atoms with E-state index in [2.05, 4.69) is 77.9 Å². The minimum absolute atomic E-state index is 0.391. The summed E-state index contributed by atoms with van der Waals surface area (Å²) < 4.78 is 0. The van der Waals surface area contributed by atoms with Crippen molar-refractivity contribution in [1.29, 1.82) is 0 Å². The van der Waals surface area contributed by atoms with Crippen LogP contribution in [0.25, 0.3) is 0 Å². The zero-order chi connectivity index (χ0) is 20.5. The minimum Gasteiger partial charge on any atom is -0.352 e. The van der Waals surface area contributed by atoms with E-state index < -0.39 is 0 Å². The number of rotatable bonds is 3. The third-order valence-corrected chi connectivity index (χ3v) is 6.88. The fourth-order valence-electron chi connectivity index (χ4n) is 4.06. The molecule has 1 fully saturated rings. The Kier molecular flexibility index (Phi) is 5.27. The first-order chi connectivity index (χ1) is 14.7. The highest BCUT2D eigenvalue weighted by Gasteiger charge is 2.29. The van der Waals surface area contributed by atoms with E-state index in [1.165, 1.54) is 5.56 Å². The predicted molar refractivity (Wildman–Crippen MR) is 126 cm³/mol. The highest BCUT2D eigenvalue weighted by Crippen LogP contribution is 2.39. The Hall–Kier alpha value is -2.70. The van der Waals surface area contributed by atoms with Gasteiger partial charge in [-0.15, -0.1) is 11.3 Å². The zero-order valence-corrected chi connectivity index (χ0v) is 18.2. The van der Waals surface area contributed by atoms with Crippen LogP contribution in [-0.2, 0) is 6.42 Å². The Bertz CT molecular complexity index is 1060. The Balaban J connectivity index is 1.49. The molecule has 2 N–H and O–H groups in total. The highest BCUT2D eigenvalue weighted by molar-refractivity contribution is 7.16. The number of aliphatic imine (C=N–C) groups is 1. The lowest BCUT2D eigenvalue weighted by atomic mass is 10.0. The van der Waals surface area contributed by atoms with Gasteiger partial charge in [0.05, 0.1) is 16.4 Å². The predicted octanol–water partition coefficient (Wildman–Crippen LogP) is 4.92. The lowest BCUT2D eigenvalue weighted by molar-refractivity contribution is 0.290. The summed E-state index contributed by atoms with van der Waals surface area (Å²) in [6.07, 6.45) is 1.01. The highest BCUT2D eigenvalue weighted by atomic mass is 32.1. The van der Waals surface area contributed by atoms with E-state index in [1.807, 2.05) is 6.07 Å². The van der Waals surface area contributed by atoms with Crippen LogP contribution >= 0.6 is 11.3 Å². The number of amidine groups is 1. The van der Waals surface area contributed by atoms with Crippen molar-refractivity contribution in [3.8, 4) is 0 Å². The third kappa shape index (κ3) is 3.85. The van der Waals surface area contributed by atoms with Crippen LogP contribution in [-0.4, -0.2) is 41.4 Å². The second-order valence-corrected chi connectivity index (χ2v) is 9.28. The molecule has 6 heteroatoms. The number of benzene rings is 2. The topological polar surface area (TPSA) is 52.6 Å². The fourth-order valence-corrected chi connectivity index (χ4v) is 5.04. The first kappa shape index (κ1) is 19.3. The maximum atomic E-state index is 5.11. The average molecular weight is 418 g/mol. The second-order valence-electron chi connectivity index (χ2n) is 8.25. The molecule has 5 rings (SSSR count). The lowest BCUT2D eigenvalue weighted by Gasteiger charge is -2.35. The summed E-state index contributed by atoms with van der Waals surface area (Å²) >= 11 is 1.75. The molecule has 3 heterocycles. The molecule has 0 radical (unpaired) electrons. The van der Waals surface area contributed by atoms with Crippen LogP contribution in [0.4, 0.5) is 16.4 Å². The molecule has 2 aromatic carbocycles. The molecule has 1 aromatic heterocycles. The van der Waals surface area contributed by atoms with Crippen LogP contribution in [0.2, 0.25) is 0 Å². The molecule has 30 heavy (non-hydrogen) atoms. The van der Waals surface area contributed by atoms with Gasteiger partial charge < -0.3 is 15.5 Å². The van der Waals surface area contributed by atoms with Gasteiger partial charge in [0.2, 0.25) is 0 Å². The maximum Gasteiger partial charge on any atom is 0.158 e. The van der Waals surface area contributed by atoms with Crippen molar-refractivity contribution in [2.24, 2.45) is 4.99 Å². The number of hydrogen-bond acceptors (Lipinski definition) is 6. The molecule has 3 aromatic rings. The van der Waals surface area contributed by atoms with Gasteiger partial charge in [-0.3, -0.25) is 0 Å². The molecular weight excluding hydrogens is 390 g/mol. The Morgan fingerprint density at radius 3 is 2.73 bits per heavy atom. The van der Waals surface area contributed by atoms with Gasteiger partial charge in [-0.25, -0.2) is 9.98 Å². The number of nitrogens with one attached hydrogen (secondary N) is 2. The average Bonchev–Trinajstić information content (AvgIpc) is 3.11. The summed E-state index contributed by atoms with van der Waals surface area (Å²) in [5, 5.41) is 9.53. The van der Waals surface area contributed by atoms with E-state index in [1.54, 1.807) is 11.3 Å². The molecule has 0 bridgehead atoms. The van der Waals surface area contributed by atoms with Crippen LogP contribution < -0.4 is 10.6 Å². The fraction of sp³-hybridized carbons (Fsp3) is 0.333. The number of fused-ring (bicyclic) bond motifs is 2. The number of piperazine rings is 1. The van der Waals surface area contributed by atoms with Crippen LogP contribution in [0.5, 0.6) is 0 Å². The number of para-hydroxylation sites is 2.